The minimum absolute atomic E-state index is 0.932. The summed E-state index contributed by atoms with van der Waals surface area (Å²) in [5.74, 6) is 0.932. The van der Waals surface area contributed by atoms with Crippen LogP contribution in [-0.4, -0.2) is 4.98 Å². The number of H-pyrrole nitrogens is 1. The van der Waals surface area contributed by atoms with Gasteiger partial charge in [0.05, 0.1) is 0 Å². The van der Waals surface area contributed by atoms with Crippen LogP contribution in [0.3, 0.4) is 0 Å². The number of aromatic nitrogens is 1. The van der Waals surface area contributed by atoms with Gasteiger partial charge < -0.3 is 4.98 Å². The van der Waals surface area contributed by atoms with Crippen LogP contribution in [0.15, 0.2) is 12.3 Å². The highest BCUT2D eigenvalue weighted by molar-refractivity contribution is 5.23. The molecule has 1 aliphatic rings. The second-order valence-corrected chi connectivity index (χ2v) is 3.50. The minimum atomic E-state index is 0.932. The van der Waals surface area contributed by atoms with Gasteiger partial charge in [-0.3, -0.25) is 0 Å². The fraction of sp³-hybridized carbons (Fsp3) is 0.600. The van der Waals surface area contributed by atoms with Gasteiger partial charge in [0, 0.05) is 11.9 Å². The number of rotatable bonds is 1. The van der Waals surface area contributed by atoms with Crippen LogP contribution in [0.5, 0.6) is 0 Å². The van der Waals surface area contributed by atoms with Crippen LogP contribution >= 0.6 is 0 Å². The summed E-state index contributed by atoms with van der Waals surface area (Å²) in [6.45, 7) is 2.29. The summed E-state index contributed by atoms with van der Waals surface area (Å²) >= 11 is 0. The topological polar surface area (TPSA) is 15.8 Å². The van der Waals surface area contributed by atoms with E-state index in [2.05, 4.69) is 24.2 Å². The highest BCUT2D eigenvalue weighted by atomic mass is 14.7. The van der Waals surface area contributed by atoms with Crippen molar-refractivity contribution in [3.8, 4) is 0 Å². The predicted octanol–water partition coefficient (Wildman–Crippen LogP) is 2.53. The van der Waals surface area contributed by atoms with Crippen LogP contribution < -0.4 is 0 Å². The van der Waals surface area contributed by atoms with Gasteiger partial charge in [-0.1, -0.05) is 13.3 Å². The molecular weight excluding hydrogens is 134 g/mol. The third kappa shape index (κ3) is 1.20. The number of aryl methyl sites for hydroxylation is 1. The van der Waals surface area contributed by atoms with Crippen LogP contribution in [-0.2, 0) is 12.8 Å². The van der Waals surface area contributed by atoms with Crippen LogP contribution in [0, 0.1) is 5.92 Å². The summed E-state index contributed by atoms with van der Waals surface area (Å²) in [6.07, 6.45) is 7.36. The standard InChI is InChI=1S/C10H15N/c1-2-8-3-4-9-5-6-11-10(9)7-8/h5-6,8,11H,2-4,7H2,1H3. The van der Waals surface area contributed by atoms with Crippen LogP contribution in [0.2, 0.25) is 0 Å². The molecule has 1 heterocycles. The molecule has 0 saturated carbocycles. The second-order valence-electron chi connectivity index (χ2n) is 3.50. The first-order valence-corrected chi connectivity index (χ1v) is 4.55. The first-order chi connectivity index (χ1) is 5.40. The van der Waals surface area contributed by atoms with E-state index in [0.29, 0.717) is 0 Å². The van der Waals surface area contributed by atoms with E-state index in [4.69, 9.17) is 0 Å². The van der Waals surface area contributed by atoms with E-state index in [1.54, 1.807) is 5.56 Å². The molecular formula is C10H15N. The molecule has 0 radical (unpaired) electrons. The SMILES string of the molecule is CCC1CCc2cc[nH]c2C1. The lowest BCUT2D eigenvalue weighted by molar-refractivity contribution is 0.441. The molecule has 0 saturated heterocycles. The molecule has 0 aliphatic heterocycles. The van der Waals surface area contributed by atoms with Crippen LogP contribution in [0.4, 0.5) is 0 Å². The Morgan fingerprint density at radius 1 is 1.64 bits per heavy atom. The van der Waals surface area contributed by atoms with E-state index in [0.717, 1.165) is 5.92 Å². The van der Waals surface area contributed by atoms with Crippen molar-refractivity contribution < 1.29 is 0 Å². The molecule has 0 aromatic carbocycles. The fourth-order valence-electron chi connectivity index (χ4n) is 1.96. The lowest BCUT2D eigenvalue weighted by Crippen LogP contribution is -2.12. The Kier molecular flexibility index (Phi) is 1.72. The molecule has 0 fully saturated rings. The van der Waals surface area contributed by atoms with Gasteiger partial charge in [-0.05, 0) is 36.8 Å². The van der Waals surface area contributed by atoms with E-state index in [1.807, 2.05) is 0 Å². The Hall–Kier alpha value is -0.720. The molecule has 1 unspecified atom stereocenters. The second kappa shape index (κ2) is 2.72. The van der Waals surface area contributed by atoms with Gasteiger partial charge in [-0.25, -0.2) is 0 Å². The van der Waals surface area contributed by atoms with E-state index >= 15 is 0 Å². The number of aromatic amines is 1. The monoisotopic (exact) mass is 149 g/mol. The molecule has 0 spiro atoms. The van der Waals surface area contributed by atoms with Crippen molar-refractivity contribution in [3.63, 3.8) is 0 Å². The van der Waals surface area contributed by atoms with Crippen molar-refractivity contribution in [1.82, 2.24) is 4.98 Å². The molecule has 0 bridgehead atoms. The molecule has 1 nitrogen and oxygen atoms in total. The Labute approximate surface area is 67.8 Å². The zero-order valence-electron chi connectivity index (χ0n) is 7.06. The van der Waals surface area contributed by atoms with E-state index < -0.39 is 0 Å². The highest BCUT2D eigenvalue weighted by Crippen LogP contribution is 2.25. The largest absolute Gasteiger partial charge is 0.365 e. The smallest absolute Gasteiger partial charge is 0.0182 e. The average Bonchev–Trinajstić information content (AvgIpc) is 2.50. The quantitative estimate of drug-likeness (QED) is 0.631. The fourth-order valence-corrected chi connectivity index (χ4v) is 1.96. The van der Waals surface area contributed by atoms with Crippen molar-refractivity contribution in [3.05, 3.63) is 23.5 Å². The van der Waals surface area contributed by atoms with Crippen molar-refractivity contribution in [2.75, 3.05) is 0 Å². The zero-order valence-corrected chi connectivity index (χ0v) is 7.06. The van der Waals surface area contributed by atoms with Gasteiger partial charge in [0.25, 0.3) is 0 Å². The normalized spacial score (nSPS) is 23.2. The third-order valence-corrected chi connectivity index (χ3v) is 2.82. The summed E-state index contributed by atoms with van der Waals surface area (Å²) in [6, 6.07) is 2.22. The maximum atomic E-state index is 3.32. The predicted molar refractivity (Wildman–Crippen MR) is 46.6 cm³/mol. The van der Waals surface area contributed by atoms with E-state index in [1.165, 1.54) is 31.4 Å². The lowest BCUT2D eigenvalue weighted by Gasteiger charge is -2.20. The minimum Gasteiger partial charge on any atom is -0.365 e. The zero-order chi connectivity index (χ0) is 7.68. The number of nitrogens with one attached hydrogen (secondary N) is 1. The number of hydrogen-bond donors (Lipinski definition) is 1. The first kappa shape index (κ1) is 6.96. The first-order valence-electron chi connectivity index (χ1n) is 4.55. The molecule has 1 aromatic rings. The molecule has 1 heteroatoms. The molecule has 1 atom stereocenters. The van der Waals surface area contributed by atoms with Crippen molar-refractivity contribution in [2.45, 2.75) is 32.6 Å². The summed E-state index contributed by atoms with van der Waals surface area (Å²) < 4.78 is 0. The molecule has 11 heavy (non-hydrogen) atoms. The Balaban J connectivity index is 2.18. The van der Waals surface area contributed by atoms with Crippen LogP contribution in [0.25, 0.3) is 0 Å². The van der Waals surface area contributed by atoms with Crippen LogP contribution in [0.1, 0.15) is 31.0 Å². The van der Waals surface area contributed by atoms with Gasteiger partial charge in [0.2, 0.25) is 0 Å². The Bertz CT molecular complexity index is 237. The van der Waals surface area contributed by atoms with Gasteiger partial charge in [0.1, 0.15) is 0 Å². The maximum absolute atomic E-state index is 3.32. The highest BCUT2D eigenvalue weighted by Gasteiger charge is 2.16. The van der Waals surface area contributed by atoms with Gasteiger partial charge in [0.15, 0.2) is 0 Å². The number of fused-ring (bicyclic) bond motifs is 1. The maximum Gasteiger partial charge on any atom is 0.0182 e. The molecule has 0 amide bonds. The molecule has 1 N–H and O–H groups in total. The van der Waals surface area contributed by atoms with Gasteiger partial charge in [-0.2, -0.15) is 0 Å². The molecule has 1 aliphatic carbocycles. The van der Waals surface area contributed by atoms with Crippen molar-refractivity contribution in [2.24, 2.45) is 5.92 Å². The van der Waals surface area contributed by atoms with Crippen molar-refractivity contribution >= 4 is 0 Å². The Morgan fingerprint density at radius 2 is 2.55 bits per heavy atom. The summed E-state index contributed by atoms with van der Waals surface area (Å²) in [5, 5.41) is 0. The van der Waals surface area contributed by atoms with Gasteiger partial charge in [-0.15, -0.1) is 0 Å². The summed E-state index contributed by atoms with van der Waals surface area (Å²) in [5.41, 5.74) is 3.04. The van der Waals surface area contributed by atoms with E-state index in [9.17, 15) is 0 Å². The van der Waals surface area contributed by atoms with Crippen molar-refractivity contribution in [1.29, 1.82) is 0 Å². The van der Waals surface area contributed by atoms with E-state index in [-0.39, 0.29) is 0 Å². The average molecular weight is 149 g/mol. The molecule has 2 rings (SSSR count). The summed E-state index contributed by atoms with van der Waals surface area (Å²) in [7, 11) is 0. The summed E-state index contributed by atoms with van der Waals surface area (Å²) in [4.78, 5) is 3.32. The van der Waals surface area contributed by atoms with Gasteiger partial charge >= 0.3 is 0 Å². The Morgan fingerprint density at radius 3 is 3.36 bits per heavy atom. The lowest BCUT2D eigenvalue weighted by atomic mass is 9.86. The number of hydrogen-bond acceptors (Lipinski definition) is 0. The third-order valence-electron chi connectivity index (χ3n) is 2.82. The molecule has 1 aromatic heterocycles. The molecule has 60 valence electrons.